The van der Waals surface area contributed by atoms with Gasteiger partial charge >= 0.3 is 16.8 Å². The minimum atomic E-state index is -5.12. The Morgan fingerprint density at radius 1 is 0.367 bits per heavy atom. The Kier molecular flexibility index (Phi) is 10.1. The molecule has 17 heteroatoms. The van der Waals surface area contributed by atoms with E-state index in [2.05, 4.69) is 42.5 Å². The van der Waals surface area contributed by atoms with Crippen molar-refractivity contribution in [3.8, 4) is 0 Å². The predicted octanol–water partition coefficient (Wildman–Crippen LogP) is -0.349. The summed E-state index contributed by atoms with van der Waals surface area (Å²) in [6.45, 7) is 0. The first-order valence-corrected chi connectivity index (χ1v) is 22.0. The summed E-state index contributed by atoms with van der Waals surface area (Å²) in [7, 11) is -10.1. The van der Waals surface area contributed by atoms with E-state index in [1.165, 1.54) is 32.1 Å². The Hall–Kier alpha value is 0.00649. The van der Waals surface area contributed by atoms with Crippen LogP contribution in [0.1, 0.15) is 89.9 Å². The molecular weight excluding hydrogens is 715 g/mol. The molecular formula is C32H54CoN8O6S2. The molecule has 5 aliphatic heterocycles. The van der Waals surface area contributed by atoms with Gasteiger partial charge in [0.05, 0.1) is 80.1 Å². The fourth-order valence-corrected chi connectivity index (χ4v) is 15.7. The van der Waals surface area contributed by atoms with Crippen molar-refractivity contribution in [3.05, 3.63) is 0 Å². The van der Waals surface area contributed by atoms with Gasteiger partial charge in [-0.3, -0.25) is 42.5 Å². The summed E-state index contributed by atoms with van der Waals surface area (Å²) >= 11 is 0. The molecule has 4 aliphatic carbocycles. The molecule has 0 aromatic rings. The van der Waals surface area contributed by atoms with Crippen molar-refractivity contribution in [2.24, 2.45) is 47.3 Å². The Labute approximate surface area is 301 Å². The van der Waals surface area contributed by atoms with Crippen LogP contribution in [0.25, 0.3) is 0 Å². The van der Waals surface area contributed by atoms with Gasteiger partial charge in [0, 0.05) is 5.92 Å². The number of hydrogen-bond acceptors (Lipinski definition) is 14. The molecule has 5 heterocycles. The van der Waals surface area contributed by atoms with E-state index in [1.807, 2.05) is 0 Å². The Morgan fingerprint density at radius 3 is 0.939 bits per heavy atom. The van der Waals surface area contributed by atoms with Crippen molar-refractivity contribution in [2.75, 3.05) is 0 Å². The smallest absolute Gasteiger partial charge is 0.748 e. The van der Waals surface area contributed by atoms with Crippen LogP contribution in [0.3, 0.4) is 0 Å². The number of fused-ring (bicyclic) bond motifs is 20. The summed E-state index contributed by atoms with van der Waals surface area (Å²) in [6.07, 6.45) is 13.5. The van der Waals surface area contributed by atoms with Crippen LogP contribution in [0.4, 0.5) is 0 Å². The fraction of sp³-hybridized carbons (Fsp3) is 1.00. The zero-order valence-electron chi connectivity index (χ0n) is 27.9. The van der Waals surface area contributed by atoms with Gasteiger partial charge in [-0.2, -0.15) is 0 Å². The first-order chi connectivity index (χ1) is 23.0. The predicted molar refractivity (Wildman–Crippen MR) is 175 cm³/mol. The van der Waals surface area contributed by atoms with E-state index in [9.17, 15) is 25.9 Å². The van der Waals surface area contributed by atoms with E-state index < -0.39 is 42.8 Å². The van der Waals surface area contributed by atoms with Crippen molar-refractivity contribution >= 4 is 20.2 Å². The van der Waals surface area contributed by atoms with Gasteiger partial charge in [-0.15, -0.1) is 0 Å². The quantitative estimate of drug-likeness (QED) is 0.169. The topological polar surface area (TPSA) is 211 Å². The maximum Gasteiger partial charge on any atom is 2.00 e. The average Bonchev–Trinajstić information content (AvgIpc) is 3.79. The molecule has 279 valence electrons. The molecule has 18 unspecified atom stereocenters. The van der Waals surface area contributed by atoms with Gasteiger partial charge in [0.2, 0.25) is 0 Å². The van der Waals surface area contributed by atoms with Gasteiger partial charge < -0.3 is 9.11 Å². The minimum Gasteiger partial charge on any atom is -0.748 e. The summed E-state index contributed by atoms with van der Waals surface area (Å²) in [5, 5.41) is 27.7. The van der Waals surface area contributed by atoms with Crippen molar-refractivity contribution in [1.82, 2.24) is 42.5 Å². The number of rotatable bonds is 2. The van der Waals surface area contributed by atoms with Crippen LogP contribution in [-0.2, 0) is 37.0 Å². The number of nitrogens with one attached hydrogen (secondary N) is 8. The van der Waals surface area contributed by atoms with E-state index in [-0.39, 0.29) is 72.3 Å². The summed E-state index contributed by atoms with van der Waals surface area (Å²) in [6, 6.07) is 0. The molecule has 5 saturated heterocycles. The normalized spacial score (nSPS) is 52.7. The third-order valence-electron chi connectivity index (χ3n) is 14.6. The van der Waals surface area contributed by atoms with Gasteiger partial charge in [-0.05, 0) is 92.8 Å². The van der Waals surface area contributed by atoms with E-state index in [0.29, 0.717) is 41.9 Å². The summed E-state index contributed by atoms with van der Waals surface area (Å²) in [5.41, 5.74) is 0. The minimum absolute atomic E-state index is 0. The van der Waals surface area contributed by atoms with Crippen LogP contribution in [0.2, 0.25) is 0 Å². The first-order valence-electron chi connectivity index (χ1n) is 19.0. The van der Waals surface area contributed by atoms with Crippen molar-refractivity contribution in [1.29, 1.82) is 0 Å². The molecule has 9 fully saturated rings. The monoisotopic (exact) mass is 769 g/mol. The van der Waals surface area contributed by atoms with Gasteiger partial charge in [0.1, 0.15) is 0 Å². The molecule has 8 N–H and O–H groups in total. The van der Waals surface area contributed by atoms with Crippen molar-refractivity contribution in [3.63, 3.8) is 0 Å². The molecule has 0 aromatic heterocycles. The zero-order valence-corrected chi connectivity index (χ0v) is 30.6. The average molecular weight is 770 g/mol. The van der Waals surface area contributed by atoms with Crippen molar-refractivity contribution < 1.29 is 42.7 Å². The van der Waals surface area contributed by atoms with E-state index >= 15 is 0 Å². The Balaban J connectivity index is 0.00000348. The molecule has 8 bridgehead atoms. The first kappa shape index (κ1) is 36.0. The number of hydrogen-bond donors (Lipinski definition) is 8. The van der Waals surface area contributed by atoms with Gasteiger partial charge in [-0.25, -0.2) is 16.8 Å². The molecule has 9 aliphatic rings. The maximum atomic E-state index is 13.0. The van der Waals surface area contributed by atoms with Crippen LogP contribution in [-0.4, -0.2) is 85.8 Å². The van der Waals surface area contributed by atoms with Crippen LogP contribution < -0.4 is 42.5 Å². The van der Waals surface area contributed by atoms with Crippen molar-refractivity contribution in [2.45, 2.75) is 150 Å². The van der Waals surface area contributed by atoms with E-state index in [0.717, 1.165) is 44.9 Å². The van der Waals surface area contributed by atoms with E-state index in [4.69, 9.17) is 0 Å². The molecule has 9 rings (SSSR count). The fourth-order valence-electron chi connectivity index (χ4n) is 12.7. The SMILES string of the molecule is O=S(=O)([O-])C1CCC2C3NC4NC(NC5NC(NC6NC(NC(N3)C2C1S(=O)(=O)[O-])C1CCCCC61)C1CCCCC51)C1CCCCC41.[Co+2]. The third kappa shape index (κ3) is 6.40. The summed E-state index contributed by atoms with van der Waals surface area (Å²) < 4.78 is 76.3. The molecule has 0 spiro atoms. The van der Waals surface area contributed by atoms with E-state index in [1.54, 1.807) is 0 Å². The van der Waals surface area contributed by atoms with Crippen LogP contribution in [0.15, 0.2) is 0 Å². The molecule has 4 saturated carbocycles. The van der Waals surface area contributed by atoms with Gasteiger partial charge in [-0.1, -0.05) is 38.5 Å². The second-order valence-corrected chi connectivity index (χ2v) is 19.9. The Morgan fingerprint density at radius 2 is 0.653 bits per heavy atom. The molecule has 0 amide bonds. The molecule has 14 nitrogen and oxygen atoms in total. The van der Waals surface area contributed by atoms with Crippen LogP contribution >= 0.6 is 0 Å². The third-order valence-corrected chi connectivity index (χ3v) is 17.4. The van der Waals surface area contributed by atoms with Gasteiger partial charge in [0.15, 0.2) is 0 Å². The molecule has 49 heavy (non-hydrogen) atoms. The molecule has 18 atom stereocenters. The standard InChI is InChI=1S/C32H56N8O6S2.Co/c41-47(42,43)22-14-13-21-23(24(22)48(44,45)46)32-39-30-20-12-6-5-11-19(20)28(37-30)35-26-16-8-2-1-7-15(16)25(33-26)34-27-17-9-3-4-10-18(17)29(36-27)38-31(21)40-32;/h15-40H,1-14H2,(H,41,42,43)(H,44,45,46);/q;+2/p-2. The second-order valence-electron chi connectivity index (χ2n) is 16.8. The Bertz CT molecular complexity index is 1450. The maximum absolute atomic E-state index is 13.0. The second kappa shape index (κ2) is 13.7. The van der Waals surface area contributed by atoms with Crippen LogP contribution in [0.5, 0.6) is 0 Å². The molecule has 1 radical (unpaired) electrons. The zero-order chi connectivity index (χ0) is 32.9. The van der Waals surface area contributed by atoms with Crippen LogP contribution in [0, 0.1) is 47.3 Å². The summed E-state index contributed by atoms with van der Waals surface area (Å²) in [4.78, 5) is 0. The largest absolute Gasteiger partial charge is 2.00 e. The van der Waals surface area contributed by atoms with Gasteiger partial charge in [0.25, 0.3) is 0 Å². The summed E-state index contributed by atoms with van der Waals surface area (Å²) in [5.74, 6) is 1.42. The molecule has 0 aromatic carbocycles.